The van der Waals surface area contributed by atoms with Crippen molar-refractivity contribution in [2.45, 2.75) is 19.4 Å². The van der Waals surface area contributed by atoms with Gasteiger partial charge in [0.15, 0.2) is 0 Å². The number of carbonyl (C=O) groups excluding carboxylic acids is 1. The third-order valence-corrected chi connectivity index (χ3v) is 3.72. The Kier molecular flexibility index (Phi) is 6.02. The molecule has 1 aliphatic rings. The second kappa shape index (κ2) is 8.02. The van der Waals surface area contributed by atoms with Crippen LogP contribution in [-0.4, -0.2) is 44.2 Å². The normalized spacial score (nSPS) is 16.1. The number of nitrogens with one attached hydrogen (secondary N) is 1. The third-order valence-electron chi connectivity index (χ3n) is 3.72. The molecule has 4 heteroatoms. The predicted octanol–water partition coefficient (Wildman–Crippen LogP) is 1.66. The molecule has 0 aromatic heterocycles. The van der Waals surface area contributed by atoms with Gasteiger partial charge in [0.2, 0.25) is 5.91 Å². The Bertz CT molecular complexity index is 402. The van der Waals surface area contributed by atoms with Gasteiger partial charge in [-0.25, -0.2) is 0 Å². The molecule has 1 N–H and O–H groups in total. The fourth-order valence-corrected chi connectivity index (χ4v) is 2.56. The Labute approximate surface area is 121 Å². The number of carbonyl (C=O) groups is 1. The summed E-state index contributed by atoms with van der Waals surface area (Å²) in [6, 6.07) is 10.2. The number of benzene rings is 1. The molecule has 0 bridgehead atoms. The molecule has 1 heterocycles. The number of hydrogen-bond donors (Lipinski definition) is 1. The summed E-state index contributed by atoms with van der Waals surface area (Å²) in [6.07, 6.45) is 2.11. The summed E-state index contributed by atoms with van der Waals surface area (Å²) in [5.74, 6) is 0.733. The van der Waals surface area contributed by atoms with Crippen molar-refractivity contribution in [2.75, 3.05) is 33.4 Å². The maximum absolute atomic E-state index is 12.3. The Morgan fingerprint density at radius 3 is 2.65 bits per heavy atom. The van der Waals surface area contributed by atoms with Gasteiger partial charge in [-0.15, -0.1) is 0 Å². The van der Waals surface area contributed by atoms with Crippen LogP contribution in [0.5, 0.6) is 0 Å². The second-order valence-electron chi connectivity index (χ2n) is 5.35. The lowest BCUT2D eigenvalue weighted by Gasteiger charge is -2.30. The lowest BCUT2D eigenvalue weighted by molar-refractivity contribution is -0.131. The van der Waals surface area contributed by atoms with E-state index in [0.717, 1.165) is 32.6 Å². The van der Waals surface area contributed by atoms with Crippen LogP contribution in [0.15, 0.2) is 30.3 Å². The van der Waals surface area contributed by atoms with E-state index in [0.29, 0.717) is 19.0 Å². The van der Waals surface area contributed by atoms with Crippen LogP contribution in [0.25, 0.3) is 0 Å². The smallest absolute Gasteiger partial charge is 0.236 e. The molecule has 0 radical (unpaired) electrons. The lowest BCUT2D eigenvalue weighted by Crippen LogP contribution is -2.40. The molecule has 0 unspecified atom stereocenters. The van der Waals surface area contributed by atoms with E-state index in [1.165, 1.54) is 5.56 Å². The average molecular weight is 276 g/mol. The highest BCUT2D eigenvalue weighted by atomic mass is 16.5. The number of ether oxygens (including phenoxy) is 1. The molecule has 1 fully saturated rings. The van der Waals surface area contributed by atoms with E-state index in [2.05, 4.69) is 17.4 Å². The van der Waals surface area contributed by atoms with Gasteiger partial charge in [-0.3, -0.25) is 4.79 Å². The SMILES string of the molecule is CNCC(=O)N(Cc1ccccc1)CC1CCOCC1. The number of hydrogen-bond acceptors (Lipinski definition) is 3. The first-order chi connectivity index (χ1) is 9.79. The van der Waals surface area contributed by atoms with Crippen LogP contribution in [0, 0.1) is 5.92 Å². The molecule has 1 aromatic rings. The van der Waals surface area contributed by atoms with Gasteiger partial charge in [0.05, 0.1) is 6.54 Å². The van der Waals surface area contributed by atoms with E-state index in [9.17, 15) is 4.79 Å². The van der Waals surface area contributed by atoms with Crippen molar-refractivity contribution in [2.24, 2.45) is 5.92 Å². The number of likely N-dealkylation sites (N-methyl/N-ethyl adjacent to an activating group) is 1. The molecule has 0 spiro atoms. The van der Waals surface area contributed by atoms with Crippen LogP contribution in [0.1, 0.15) is 18.4 Å². The van der Waals surface area contributed by atoms with Crippen LogP contribution in [0.2, 0.25) is 0 Å². The summed E-state index contributed by atoms with van der Waals surface area (Å²) in [5, 5.41) is 2.96. The molecule has 1 aliphatic heterocycles. The Morgan fingerprint density at radius 1 is 1.30 bits per heavy atom. The highest BCUT2D eigenvalue weighted by Crippen LogP contribution is 2.17. The van der Waals surface area contributed by atoms with E-state index < -0.39 is 0 Å². The zero-order valence-corrected chi connectivity index (χ0v) is 12.2. The quantitative estimate of drug-likeness (QED) is 0.859. The number of amides is 1. The second-order valence-corrected chi connectivity index (χ2v) is 5.35. The van der Waals surface area contributed by atoms with Crippen molar-refractivity contribution in [1.82, 2.24) is 10.2 Å². The predicted molar refractivity (Wildman–Crippen MR) is 79.3 cm³/mol. The Morgan fingerprint density at radius 2 is 2.00 bits per heavy atom. The fourth-order valence-electron chi connectivity index (χ4n) is 2.56. The highest BCUT2D eigenvalue weighted by molar-refractivity contribution is 5.78. The summed E-state index contributed by atoms with van der Waals surface area (Å²) in [7, 11) is 1.81. The number of rotatable bonds is 6. The zero-order chi connectivity index (χ0) is 14.2. The molecule has 2 rings (SSSR count). The first-order valence-electron chi connectivity index (χ1n) is 7.33. The summed E-state index contributed by atoms with van der Waals surface area (Å²) in [5.41, 5.74) is 1.18. The van der Waals surface area contributed by atoms with Crippen molar-refractivity contribution in [1.29, 1.82) is 0 Å². The fraction of sp³-hybridized carbons (Fsp3) is 0.562. The molecular weight excluding hydrogens is 252 g/mol. The highest BCUT2D eigenvalue weighted by Gasteiger charge is 2.20. The van der Waals surface area contributed by atoms with Gasteiger partial charge in [-0.1, -0.05) is 30.3 Å². The maximum Gasteiger partial charge on any atom is 0.236 e. The molecule has 0 saturated carbocycles. The minimum Gasteiger partial charge on any atom is -0.381 e. The topological polar surface area (TPSA) is 41.6 Å². The molecule has 1 amide bonds. The molecular formula is C16H24N2O2. The lowest BCUT2D eigenvalue weighted by atomic mass is 9.99. The molecule has 0 aliphatic carbocycles. The monoisotopic (exact) mass is 276 g/mol. The van der Waals surface area contributed by atoms with Crippen molar-refractivity contribution in [3.8, 4) is 0 Å². The van der Waals surface area contributed by atoms with Crippen molar-refractivity contribution < 1.29 is 9.53 Å². The van der Waals surface area contributed by atoms with Crippen LogP contribution in [0.3, 0.4) is 0 Å². The van der Waals surface area contributed by atoms with E-state index >= 15 is 0 Å². The van der Waals surface area contributed by atoms with Crippen molar-refractivity contribution >= 4 is 5.91 Å². The molecule has 1 saturated heterocycles. The molecule has 0 atom stereocenters. The Balaban J connectivity index is 1.98. The van der Waals surface area contributed by atoms with Gasteiger partial charge in [-0.2, -0.15) is 0 Å². The minimum atomic E-state index is 0.169. The molecule has 1 aromatic carbocycles. The standard InChI is InChI=1S/C16H24N2O2/c1-17-11-16(19)18(12-14-5-3-2-4-6-14)13-15-7-9-20-10-8-15/h2-6,15,17H,7-13H2,1H3. The van der Waals surface area contributed by atoms with E-state index in [1.54, 1.807) is 0 Å². The summed E-state index contributed by atoms with van der Waals surface area (Å²) < 4.78 is 5.39. The minimum absolute atomic E-state index is 0.169. The zero-order valence-electron chi connectivity index (χ0n) is 12.2. The summed E-state index contributed by atoms with van der Waals surface area (Å²) >= 11 is 0. The Hall–Kier alpha value is -1.39. The first-order valence-corrected chi connectivity index (χ1v) is 7.33. The van der Waals surface area contributed by atoms with E-state index in [4.69, 9.17) is 4.74 Å². The van der Waals surface area contributed by atoms with Crippen LogP contribution < -0.4 is 5.32 Å². The van der Waals surface area contributed by atoms with Crippen LogP contribution >= 0.6 is 0 Å². The van der Waals surface area contributed by atoms with Gasteiger partial charge < -0.3 is 15.0 Å². The van der Waals surface area contributed by atoms with Gasteiger partial charge >= 0.3 is 0 Å². The van der Waals surface area contributed by atoms with Gasteiger partial charge in [0, 0.05) is 26.3 Å². The molecule has 4 nitrogen and oxygen atoms in total. The summed E-state index contributed by atoms with van der Waals surface area (Å²) in [6.45, 7) is 3.57. The number of nitrogens with zero attached hydrogens (tertiary/aromatic N) is 1. The van der Waals surface area contributed by atoms with Gasteiger partial charge in [0.25, 0.3) is 0 Å². The van der Waals surface area contributed by atoms with Gasteiger partial charge in [-0.05, 0) is 31.4 Å². The van der Waals surface area contributed by atoms with Gasteiger partial charge in [0.1, 0.15) is 0 Å². The first kappa shape index (κ1) is 15.0. The van der Waals surface area contributed by atoms with Crippen LogP contribution in [-0.2, 0) is 16.1 Å². The maximum atomic E-state index is 12.3. The molecule has 110 valence electrons. The van der Waals surface area contributed by atoms with E-state index in [-0.39, 0.29) is 5.91 Å². The average Bonchev–Trinajstić information content (AvgIpc) is 2.49. The van der Waals surface area contributed by atoms with Crippen molar-refractivity contribution in [3.05, 3.63) is 35.9 Å². The van der Waals surface area contributed by atoms with Crippen LogP contribution in [0.4, 0.5) is 0 Å². The third kappa shape index (κ3) is 4.62. The van der Waals surface area contributed by atoms with Crippen molar-refractivity contribution in [3.63, 3.8) is 0 Å². The largest absolute Gasteiger partial charge is 0.381 e. The van der Waals surface area contributed by atoms with E-state index in [1.807, 2.05) is 30.1 Å². The molecule has 20 heavy (non-hydrogen) atoms. The summed E-state index contributed by atoms with van der Waals surface area (Å²) in [4.78, 5) is 14.2.